The predicted molar refractivity (Wildman–Crippen MR) is 61.1 cm³/mol. The van der Waals surface area contributed by atoms with Crippen LogP contribution in [0.15, 0.2) is 18.2 Å². The zero-order valence-electron chi connectivity index (χ0n) is 8.90. The van der Waals surface area contributed by atoms with Crippen molar-refractivity contribution in [2.45, 2.75) is 24.9 Å². The zero-order valence-corrected chi connectivity index (χ0v) is 9.66. The Morgan fingerprint density at radius 2 is 2.00 bits per heavy atom. The molecule has 1 heterocycles. The van der Waals surface area contributed by atoms with E-state index in [2.05, 4.69) is 5.32 Å². The summed E-state index contributed by atoms with van der Waals surface area (Å²) in [5.74, 6) is -0.382. The molecule has 16 heavy (non-hydrogen) atoms. The first-order valence-electron chi connectivity index (χ1n) is 5.43. The zero-order chi connectivity index (χ0) is 11.6. The number of benzene rings is 1. The molecule has 1 saturated heterocycles. The molecule has 0 unspecified atom stereocenters. The van der Waals surface area contributed by atoms with E-state index in [1.807, 2.05) is 0 Å². The highest BCUT2D eigenvalue weighted by molar-refractivity contribution is 6.31. The summed E-state index contributed by atoms with van der Waals surface area (Å²) in [5.41, 5.74) is -0.514. The molecular formula is C12H14ClF2N. The molecule has 88 valence electrons. The normalized spacial score (nSPS) is 19.7. The van der Waals surface area contributed by atoms with Crippen LogP contribution in [0.5, 0.6) is 0 Å². The van der Waals surface area contributed by atoms with Crippen LogP contribution in [0.25, 0.3) is 0 Å². The van der Waals surface area contributed by atoms with Gasteiger partial charge in [-0.2, -0.15) is 0 Å². The standard InChI is InChI=1S/C12H14ClF2N/c13-11-7-10(14)2-1-9(11)8-12(15)3-5-16-6-4-12/h1-2,7,16H,3-6,8H2. The lowest BCUT2D eigenvalue weighted by Gasteiger charge is -2.30. The van der Waals surface area contributed by atoms with Crippen LogP contribution in [0.2, 0.25) is 5.02 Å². The molecule has 0 aliphatic carbocycles. The summed E-state index contributed by atoms with van der Waals surface area (Å²) in [6.45, 7) is 1.38. The maximum absolute atomic E-state index is 14.3. The quantitative estimate of drug-likeness (QED) is 0.844. The lowest BCUT2D eigenvalue weighted by atomic mass is 9.88. The van der Waals surface area contributed by atoms with Crippen LogP contribution in [0.3, 0.4) is 0 Å². The molecule has 2 rings (SSSR count). The van der Waals surface area contributed by atoms with E-state index in [-0.39, 0.29) is 12.2 Å². The van der Waals surface area contributed by atoms with Gasteiger partial charge < -0.3 is 5.32 Å². The van der Waals surface area contributed by atoms with Crippen LogP contribution < -0.4 is 5.32 Å². The van der Waals surface area contributed by atoms with Crippen molar-refractivity contribution in [1.82, 2.24) is 5.32 Å². The fourth-order valence-electron chi connectivity index (χ4n) is 2.06. The summed E-state index contributed by atoms with van der Waals surface area (Å²) in [5, 5.41) is 3.43. The van der Waals surface area contributed by atoms with Crippen LogP contribution >= 0.6 is 11.6 Å². The van der Waals surface area contributed by atoms with E-state index in [1.165, 1.54) is 12.1 Å². The van der Waals surface area contributed by atoms with Gasteiger partial charge in [-0.25, -0.2) is 8.78 Å². The van der Waals surface area contributed by atoms with Gasteiger partial charge in [-0.15, -0.1) is 0 Å². The molecule has 4 heteroatoms. The van der Waals surface area contributed by atoms with E-state index < -0.39 is 5.67 Å². The van der Waals surface area contributed by atoms with E-state index in [0.29, 0.717) is 36.5 Å². The molecule has 0 amide bonds. The number of piperidine rings is 1. The highest BCUT2D eigenvalue weighted by atomic mass is 35.5. The third-order valence-electron chi connectivity index (χ3n) is 3.02. The second-order valence-corrected chi connectivity index (χ2v) is 4.72. The fourth-order valence-corrected chi connectivity index (χ4v) is 2.29. The van der Waals surface area contributed by atoms with Crippen LogP contribution in [-0.2, 0) is 6.42 Å². The Morgan fingerprint density at radius 3 is 2.62 bits per heavy atom. The molecule has 0 saturated carbocycles. The van der Waals surface area contributed by atoms with Gasteiger partial charge in [-0.3, -0.25) is 0 Å². The topological polar surface area (TPSA) is 12.0 Å². The molecule has 1 N–H and O–H groups in total. The lowest BCUT2D eigenvalue weighted by Crippen LogP contribution is -2.40. The first-order valence-corrected chi connectivity index (χ1v) is 5.80. The minimum absolute atomic E-state index is 0.272. The summed E-state index contributed by atoms with van der Waals surface area (Å²) in [7, 11) is 0. The molecule has 0 aromatic heterocycles. The van der Waals surface area contributed by atoms with Gasteiger partial charge in [-0.1, -0.05) is 17.7 Å². The second-order valence-electron chi connectivity index (χ2n) is 4.31. The molecule has 0 bridgehead atoms. The molecule has 1 nitrogen and oxygen atoms in total. The van der Waals surface area contributed by atoms with Gasteiger partial charge in [0.05, 0.1) is 0 Å². The Hall–Kier alpha value is -0.670. The molecule has 1 aliphatic heterocycles. The van der Waals surface area contributed by atoms with Crippen LogP contribution in [0.4, 0.5) is 8.78 Å². The molecule has 0 radical (unpaired) electrons. The van der Waals surface area contributed by atoms with Gasteiger partial charge >= 0.3 is 0 Å². The smallest absolute Gasteiger partial charge is 0.124 e. The highest BCUT2D eigenvalue weighted by Gasteiger charge is 2.32. The van der Waals surface area contributed by atoms with Gasteiger partial charge in [0.1, 0.15) is 11.5 Å². The molecule has 1 fully saturated rings. The van der Waals surface area contributed by atoms with Crippen molar-refractivity contribution in [1.29, 1.82) is 0 Å². The van der Waals surface area contributed by atoms with Crippen molar-refractivity contribution in [2.75, 3.05) is 13.1 Å². The molecular weight excluding hydrogens is 232 g/mol. The van der Waals surface area contributed by atoms with Crippen molar-refractivity contribution >= 4 is 11.6 Å². The van der Waals surface area contributed by atoms with Crippen molar-refractivity contribution < 1.29 is 8.78 Å². The van der Waals surface area contributed by atoms with Crippen LogP contribution in [-0.4, -0.2) is 18.8 Å². The van der Waals surface area contributed by atoms with Crippen LogP contribution in [0, 0.1) is 5.82 Å². The summed E-state index contributed by atoms with van der Waals surface area (Å²) < 4.78 is 27.2. The minimum Gasteiger partial charge on any atom is -0.316 e. The number of halogens is 3. The Bertz CT molecular complexity index is 375. The second kappa shape index (κ2) is 4.68. The third-order valence-corrected chi connectivity index (χ3v) is 3.37. The maximum Gasteiger partial charge on any atom is 0.124 e. The number of hydrogen-bond donors (Lipinski definition) is 1. The van der Waals surface area contributed by atoms with Crippen molar-refractivity contribution in [3.63, 3.8) is 0 Å². The van der Waals surface area contributed by atoms with Crippen molar-refractivity contribution in [2.24, 2.45) is 0 Å². The van der Waals surface area contributed by atoms with E-state index in [1.54, 1.807) is 6.07 Å². The third kappa shape index (κ3) is 2.71. The molecule has 1 aromatic rings. The molecule has 0 atom stereocenters. The molecule has 1 aromatic carbocycles. The largest absolute Gasteiger partial charge is 0.316 e. The number of rotatable bonds is 2. The first kappa shape index (κ1) is 11.8. The van der Waals surface area contributed by atoms with Gasteiger partial charge in [0.2, 0.25) is 0 Å². The summed E-state index contributed by atoms with van der Waals surface area (Å²) >= 11 is 5.89. The van der Waals surface area contributed by atoms with Crippen molar-refractivity contribution in [3.05, 3.63) is 34.6 Å². The molecule has 0 spiro atoms. The maximum atomic E-state index is 14.3. The Balaban J connectivity index is 2.13. The average Bonchev–Trinajstić information content (AvgIpc) is 2.23. The monoisotopic (exact) mass is 245 g/mol. The van der Waals surface area contributed by atoms with E-state index in [9.17, 15) is 8.78 Å². The van der Waals surface area contributed by atoms with E-state index in [4.69, 9.17) is 11.6 Å². The average molecular weight is 246 g/mol. The van der Waals surface area contributed by atoms with Crippen LogP contribution in [0.1, 0.15) is 18.4 Å². The van der Waals surface area contributed by atoms with Gasteiger partial charge in [0.25, 0.3) is 0 Å². The fraction of sp³-hybridized carbons (Fsp3) is 0.500. The number of hydrogen-bond acceptors (Lipinski definition) is 1. The molecule has 1 aliphatic rings. The summed E-state index contributed by atoms with van der Waals surface area (Å²) in [4.78, 5) is 0. The predicted octanol–water partition coefficient (Wildman–Crippen LogP) is 3.11. The number of nitrogens with one attached hydrogen (secondary N) is 1. The van der Waals surface area contributed by atoms with Gasteiger partial charge in [0.15, 0.2) is 0 Å². The van der Waals surface area contributed by atoms with Gasteiger partial charge in [0, 0.05) is 11.4 Å². The highest BCUT2D eigenvalue weighted by Crippen LogP contribution is 2.30. The van der Waals surface area contributed by atoms with Gasteiger partial charge in [-0.05, 0) is 43.6 Å². The Kier molecular flexibility index (Phi) is 3.45. The SMILES string of the molecule is Fc1ccc(CC2(F)CCNCC2)c(Cl)c1. The number of alkyl halides is 1. The Labute approximate surface area is 98.8 Å². The van der Waals surface area contributed by atoms with E-state index in [0.717, 1.165) is 0 Å². The summed E-state index contributed by atoms with van der Waals surface area (Å²) in [6.07, 6.45) is 1.25. The lowest BCUT2D eigenvalue weighted by molar-refractivity contribution is 0.116. The summed E-state index contributed by atoms with van der Waals surface area (Å²) in [6, 6.07) is 4.13. The minimum atomic E-state index is -1.20. The Morgan fingerprint density at radius 1 is 1.31 bits per heavy atom. The first-order chi connectivity index (χ1) is 7.59. The van der Waals surface area contributed by atoms with Crippen molar-refractivity contribution in [3.8, 4) is 0 Å². The van der Waals surface area contributed by atoms with E-state index >= 15 is 0 Å².